The first-order valence-electron chi connectivity index (χ1n) is 8.07. The molecule has 23 heavy (non-hydrogen) atoms. The number of rotatable bonds is 0. The molecule has 0 saturated carbocycles. The van der Waals surface area contributed by atoms with Crippen LogP contribution in [0.15, 0.2) is 48.2 Å². The van der Waals surface area contributed by atoms with E-state index < -0.39 is 0 Å². The van der Waals surface area contributed by atoms with Crippen molar-refractivity contribution in [2.24, 2.45) is 0 Å². The first kappa shape index (κ1) is 16.3. The number of nitrogens with one attached hydrogen (secondary N) is 1. The van der Waals surface area contributed by atoms with Crippen LogP contribution < -0.4 is 5.32 Å². The quantitative estimate of drug-likeness (QED) is 0.460. The molecule has 1 aliphatic rings. The predicted octanol–water partition coefficient (Wildman–Crippen LogP) is 5.22. The molecule has 1 amide bonds. The van der Waals surface area contributed by atoms with E-state index in [1.54, 1.807) is 0 Å². The van der Waals surface area contributed by atoms with Crippen LogP contribution in [0.4, 0.5) is 5.69 Å². The van der Waals surface area contributed by atoms with Crippen LogP contribution in [0.25, 0.3) is 11.1 Å². The summed E-state index contributed by atoms with van der Waals surface area (Å²) >= 11 is 2.41. The molecule has 0 spiro atoms. The fourth-order valence-corrected chi connectivity index (χ4v) is 3.90. The average Bonchev–Trinajstić information content (AvgIpc) is 2.92. The van der Waals surface area contributed by atoms with E-state index >= 15 is 0 Å². The molecule has 0 fully saturated rings. The van der Waals surface area contributed by atoms with Crippen molar-refractivity contribution in [1.29, 1.82) is 0 Å². The van der Waals surface area contributed by atoms with Gasteiger partial charge < -0.3 is 9.88 Å². The number of carbonyl (C=O) groups excluding carboxylic acids is 1. The second-order valence-electron chi connectivity index (χ2n) is 5.86. The molecule has 3 rings (SSSR count). The first-order valence-corrected chi connectivity index (χ1v) is 9.15. The largest absolute Gasteiger partial charge is 0.343 e. The number of hydrogen-bond acceptors (Lipinski definition) is 1. The van der Waals surface area contributed by atoms with Crippen LogP contribution in [0, 0.1) is 3.70 Å². The van der Waals surface area contributed by atoms with Crippen molar-refractivity contribution in [1.82, 2.24) is 4.57 Å². The zero-order valence-corrected chi connectivity index (χ0v) is 15.5. The van der Waals surface area contributed by atoms with Gasteiger partial charge in [-0.05, 0) is 60.9 Å². The Morgan fingerprint density at radius 3 is 2.78 bits per heavy atom. The topological polar surface area (TPSA) is 34.0 Å². The number of allylic oxidation sites excluding steroid dienone is 2. The average molecular weight is 420 g/mol. The highest BCUT2D eigenvalue weighted by Crippen LogP contribution is 2.33. The van der Waals surface area contributed by atoms with Crippen molar-refractivity contribution in [2.75, 3.05) is 5.32 Å². The SMILES string of the molecule is C/C=C1\CCCn2ccc(c2I)-c2ccccc2NC(=O)CC1. The minimum Gasteiger partial charge on any atom is -0.343 e. The molecule has 0 saturated heterocycles. The lowest BCUT2D eigenvalue weighted by molar-refractivity contribution is -0.116. The summed E-state index contributed by atoms with van der Waals surface area (Å²) < 4.78 is 3.53. The molecule has 0 unspecified atom stereocenters. The van der Waals surface area contributed by atoms with Gasteiger partial charge in [-0.25, -0.2) is 0 Å². The van der Waals surface area contributed by atoms with E-state index in [2.05, 4.69) is 63.8 Å². The van der Waals surface area contributed by atoms with Gasteiger partial charge in [0.2, 0.25) is 5.91 Å². The third-order valence-electron chi connectivity index (χ3n) is 4.37. The van der Waals surface area contributed by atoms with Gasteiger partial charge in [0.1, 0.15) is 0 Å². The summed E-state index contributed by atoms with van der Waals surface area (Å²) in [5, 5.41) is 3.09. The fraction of sp³-hybridized carbons (Fsp3) is 0.316. The van der Waals surface area contributed by atoms with Crippen LogP contribution in [0.2, 0.25) is 0 Å². The zero-order valence-electron chi connectivity index (χ0n) is 13.3. The number of amides is 1. The van der Waals surface area contributed by atoms with Gasteiger partial charge in [0.25, 0.3) is 0 Å². The van der Waals surface area contributed by atoms with Gasteiger partial charge in [-0.1, -0.05) is 29.8 Å². The van der Waals surface area contributed by atoms with Crippen molar-refractivity contribution in [2.45, 2.75) is 39.2 Å². The summed E-state index contributed by atoms with van der Waals surface area (Å²) in [4.78, 5) is 12.3. The Balaban J connectivity index is 2.01. The monoisotopic (exact) mass is 420 g/mol. The number of aryl methyl sites for hydroxylation is 1. The number of hydrogen-bond donors (Lipinski definition) is 1. The smallest absolute Gasteiger partial charge is 0.224 e. The van der Waals surface area contributed by atoms with Gasteiger partial charge in [0.05, 0.1) is 3.70 Å². The van der Waals surface area contributed by atoms with Crippen molar-refractivity contribution in [3.8, 4) is 11.1 Å². The van der Waals surface area contributed by atoms with Gasteiger partial charge in [0.15, 0.2) is 0 Å². The third kappa shape index (κ3) is 3.68. The molecule has 0 atom stereocenters. The van der Waals surface area contributed by atoms with Gasteiger partial charge >= 0.3 is 0 Å². The van der Waals surface area contributed by atoms with E-state index in [1.807, 2.05) is 18.2 Å². The Morgan fingerprint density at radius 2 is 1.96 bits per heavy atom. The maximum Gasteiger partial charge on any atom is 0.224 e. The van der Waals surface area contributed by atoms with Gasteiger partial charge in [-0.3, -0.25) is 4.79 Å². The second-order valence-corrected chi connectivity index (χ2v) is 6.88. The van der Waals surface area contributed by atoms with E-state index in [9.17, 15) is 4.79 Å². The van der Waals surface area contributed by atoms with Crippen molar-refractivity contribution in [3.63, 3.8) is 0 Å². The number of carbonyl (C=O) groups is 1. The van der Waals surface area contributed by atoms with Crippen LogP contribution in [-0.4, -0.2) is 10.5 Å². The van der Waals surface area contributed by atoms with E-state index in [1.165, 1.54) is 14.8 Å². The summed E-state index contributed by atoms with van der Waals surface area (Å²) in [5.74, 6) is 0.0884. The Morgan fingerprint density at radius 1 is 1.13 bits per heavy atom. The summed E-state index contributed by atoms with van der Waals surface area (Å²) in [6.45, 7) is 3.08. The summed E-state index contributed by atoms with van der Waals surface area (Å²) in [6, 6.07) is 10.2. The highest BCUT2D eigenvalue weighted by atomic mass is 127. The highest BCUT2D eigenvalue weighted by Gasteiger charge is 2.15. The van der Waals surface area contributed by atoms with Crippen LogP contribution in [0.5, 0.6) is 0 Å². The molecule has 1 aromatic heterocycles. The normalized spacial score (nSPS) is 17.7. The molecule has 0 radical (unpaired) electrons. The third-order valence-corrected chi connectivity index (χ3v) is 5.57. The number of halogens is 1. The molecule has 2 bridgehead atoms. The van der Waals surface area contributed by atoms with Crippen molar-refractivity contribution >= 4 is 34.2 Å². The summed E-state index contributed by atoms with van der Waals surface area (Å²) in [6.07, 6.45) is 7.86. The Labute approximate surface area is 150 Å². The van der Waals surface area contributed by atoms with Crippen LogP contribution in [-0.2, 0) is 11.3 Å². The minimum atomic E-state index is 0.0884. The summed E-state index contributed by atoms with van der Waals surface area (Å²) in [7, 11) is 0. The molecule has 1 aromatic carbocycles. The predicted molar refractivity (Wildman–Crippen MR) is 103 cm³/mol. The number of benzene rings is 1. The Kier molecular flexibility index (Phi) is 5.20. The molecule has 1 N–H and O–H groups in total. The molecule has 1 aliphatic heterocycles. The van der Waals surface area contributed by atoms with Gasteiger partial charge in [-0.15, -0.1) is 0 Å². The number of nitrogens with zero attached hydrogens (tertiary/aromatic N) is 1. The first-order chi connectivity index (χ1) is 11.2. The Bertz CT molecular complexity index is 746. The Hall–Kier alpha value is -1.56. The maximum absolute atomic E-state index is 12.3. The number of anilines is 1. The lowest BCUT2D eigenvalue weighted by atomic mass is 10.0. The maximum atomic E-state index is 12.3. The second kappa shape index (κ2) is 7.34. The van der Waals surface area contributed by atoms with Crippen molar-refractivity contribution in [3.05, 3.63) is 51.9 Å². The number of fused-ring (bicyclic) bond motifs is 4. The molecule has 2 heterocycles. The van der Waals surface area contributed by atoms with E-state index in [0.29, 0.717) is 6.42 Å². The van der Waals surface area contributed by atoms with E-state index in [0.717, 1.165) is 37.1 Å². The molecule has 3 nitrogen and oxygen atoms in total. The van der Waals surface area contributed by atoms with Crippen LogP contribution >= 0.6 is 22.6 Å². The van der Waals surface area contributed by atoms with E-state index in [4.69, 9.17) is 0 Å². The zero-order chi connectivity index (χ0) is 16.2. The number of aromatic nitrogens is 1. The molecule has 120 valence electrons. The summed E-state index contributed by atoms with van der Waals surface area (Å²) in [5.41, 5.74) is 4.55. The molecular weight excluding hydrogens is 399 g/mol. The van der Waals surface area contributed by atoms with Crippen LogP contribution in [0.1, 0.15) is 32.6 Å². The highest BCUT2D eigenvalue weighted by molar-refractivity contribution is 14.1. The fourth-order valence-electron chi connectivity index (χ4n) is 3.03. The minimum absolute atomic E-state index is 0.0884. The van der Waals surface area contributed by atoms with Gasteiger partial charge in [0, 0.05) is 36.0 Å². The molecule has 0 aliphatic carbocycles. The number of para-hydroxylation sites is 1. The molecule has 4 heteroatoms. The van der Waals surface area contributed by atoms with Crippen LogP contribution in [0.3, 0.4) is 0 Å². The standard InChI is InChI=1S/C19H21IN2O/c1-2-14-6-5-12-22-13-11-16(19(22)20)15-7-3-4-8-17(15)21-18(23)10-9-14/h2-4,7-8,11,13H,5-6,9-10,12H2,1H3,(H,21,23)/b14-2+. The van der Waals surface area contributed by atoms with Crippen molar-refractivity contribution < 1.29 is 4.79 Å². The molecule has 2 aromatic rings. The van der Waals surface area contributed by atoms with E-state index in [-0.39, 0.29) is 5.91 Å². The van der Waals surface area contributed by atoms with Gasteiger partial charge in [-0.2, -0.15) is 0 Å². The lowest BCUT2D eigenvalue weighted by Gasteiger charge is -2.11. The lowest BCUT2D eigenvalue weighted by Crippen LogP contribution is -2.12. The molecular formula is C19H21IN2O.